The molecular formula is C16H24BrNO. The second-order valence-corrected chi connectivity index (χ2v) is 6.72. The minimum atomic E-state index is -0.470. The van der Waals surface area contributed by atoms with Crippen LogP contribution in [0.1, 0.15) is 50.7 Å². The maximum atomic E-state index is 10.9. The lowest BCUT2D eigenvalue weighted by Crippen LogP contribution is -2.41. The number of nitrogens with two attached hydrogens (primary N) is 1. The Bertz CT molecular complexity index is 423. The van der Waals surface area contributed by atoms with Crippen LogP contribution in [0.5, 0.6) is 0 Å². The maximum Gasteiger partial charge on any atom is 0.0869 e. The van der Waals surface area contributed by atoms with Crippen molar-refractivity contribution in [3.8, 4) is 0 Å². The Hall–Kier alpha value is -0.380. The van der Waals surface area contributed by atoms with Gasteiger partial charge < -0.3 is 10.8 Å². The zero-order valence-corrected chi connectivity index (χ0v) is 13.2. The summed E-state index contributed by atoms with van der Waals surface area (Å²) in [6.07, 6.45) is 5.25. The second-order valence-electron chi connectivity index (χ2n) is 5.86. The molecule has 0 heterocycles. The maximum absolute atomic E-state index is 10.9. The van der Waals surface area contributed by atoms with Crippen LogP contribution in [0.25, 0.3) is 0 Å². The van der Waals surface area contributed by atoms with Crippen LogP contribution in [0.4, 0.5) is 0 Å². The summed E-state index contributed by atoms with van der Waals surface area (Å²) in [7, 11) is 0. The van der Waals surface area contributed by atoms with Gasteiger partial charge >= 0.3 is 0 Å². The van der Waals surface area contributed by atoms with Crippen LogP contribution in [0.2, 0.25) is 0 Å². The van der Waals surface area contributed by atoms with Gasteiger partial charge in [0.25, 0.3) is 0 Å². The minimum Gasteiger partial charge on any atom is -0.388 e. The first-order valence-corrected chi connectivity index (χ1v) is 8.05. The second kappa shape index (κ2) is 6.38. The number of benzene rings is 1. The first-order chi connectivity index (χ1) is 9.13. The molecule has 1 aliphatic rings. The molecule has 1 aromatic rings. The predicted octanol–water partition coefficient (Wildman–Crippen LogP) is 4.03. The van der Waals surface area contributed by atoms with Crippen molar-refractivity contribution in [3.63, 3.8) is 0 Å². The van der Waals surface area contributed by atoms with Gasteiger partial charge in [0.2, 0.25) is 0 Å². The van der Waals surface area contributed by atoms with Crippen LogP contribution in [-0.4, -0.2) is 11.7 Å². The largest absolute Gasteiger partial charge is 0.388 e. The average Bonchev–Trinajstić information content (AvgIpc) is 2.47. The molecule has 3 unspecified atom stereocenters. The molecule has 2 rings (SSSR count). The molecule has 19 heavy (non-hydrogen) atoms. The van der Waals surface area contributed by atoms with E-state index < -0.39 is 6.10 Å². The number of hydrogen-bond donors (Lipinski definition) is 2. The molecule has 1 aliphatic carbocycles. The van der Waals surface area contributed by atoms with Gasteiger partial charge in [-0.2, -0.15) is 0 Å². The van der Waals surface area contributed by atoms with Gasteiger partial charge in [0, 0.05) is 16.4 Å². The standard InChI is InChI=1S/C16H24BrNO/c1-2-12-6-5-9-16(10-12,11-18)15(19)13-7-3-4-8-14(13)17/h3-4,7-8,12,15,19H,2,5-6,9-11,18H2,1H3. The number of aliphatic hydroxyl groups excluding tert-OH is 1. The summed E-state index contributed by atoms with van der Waals surface area (Å²) in [5, 5.41) is 10.9. The Labute approximate surface area is 124 Å². The highest BCUT2D eigenvalue weighted by Crippen LogP contribution is 2.49. The number of rotatable bonds is 4. The first kappa shape index (κ1) is 15.0. The molecule has 106 valence electrons. The number of halogens is 1. The van der Waals surface area contributed by atoms with Crippen LogP contribution >= 0.6 is 15.9 Å². The predicted molar refractivity (Wildman–Crippen MR) is 82.8 cm³/mol. The summed E-state index contributed by atoms with van der Waals surface area (Å²) in [5.41, 5.74) is 6.89. The van der Waals surface area contributed by atoms with Crippen LogP contribution in [-0.2, 0) is 0 Å². The molecule has 3 atom stereocenters. The zero-order valence-electron chi connectivity index (χ0n) is 11.6. The SMILES string of the molecule is CCC1CCCC(CN)(C(O)c2ccccc2Br)C1. The van der Waals surface area contributed by atoms with Crippen molar-refractivity contribution in [2.75, 3.05) is 6.54 Å². The Morgan fingerprint density at radius 3 is 2.84 bits per heavy atom. The molecular weight excluding hydrogens is 302 g/mol. The van der Waals surface area contributed by atoms with E-state index in [2.05, 4.69) is 22.9 Å². The lowest BCUT2D eigenvalue weighted by Gasteiger charge is -2.43. The van der Waals surface area contributed by atoms with E-state index in [9.17, 15) is 5.11 Å². The molecule has 2 nitrogen and oxygen atoms in total. The van der Waals surface area contributed by atoms with Gasteiger partial charge in [-0.05, 0) is 30.4 Å². The van der Waals surface area contributed by atoms with Gasteiger partial charge in [-0.15, -0.1) is 0 Å². The Kier molecular flexibility index (Phi) is 5.04. The third-order valence-electron chi connectivity index (χ3n) is 4.75. The van der Waals surface area contributed by atoms with Gasteiger partial charge in [-0.1, -0.05) is 60.3 Å². The van der Waals surface area contributed by atoms with E-state index in [1.165, 1.54) is 19.3 Å². The summed E-state index contributed by atoms with van der Waals surface area (Å²) in [6.45, 7) is 2.80. The third kappa shape index (κ3) is 3.04. The Morgan fingerprint density at radius 1 is 1.47 bits per heavy atom. The van der Waals surface area contributed by atoms with Crippen LogP contribution in [0.3, 0.4) is 0 Å². The van der Waals surface area contributed by atoms with Crippen molar-refractivity contribution in [2.24, 2.45) is 17.1 Å². The average molecular weight is 326 g/mol. The Morgan fingerprint density at radius 2 is 2.21 bits per heavy atom. The molecule has 1 fully saturated rings. The van der Waals surface area contributed by atoms with Crippen molar-refractivity contribution in [3.05, 3.63) is 34.3 Å². The van der Waals surface area contributed by atoms with E-state index in [-0.39, 0.29) is 5.41 Å². The first-order valence-electron chi connectivity index (χ1n) is 7.25. The molecule has 0 aromatic heterocycles. The third-order valence-corrected chi connectivity index (χ3v) is 5.47. The van der Waals surface area contributed by atoms with Gasteiger partial charge in [0.1, 0.15) is 0 Å². The van der Waals surface area contributed by atoms with Crippen molar-refractivity contribution in [1.29, 1.82) is 0 Å². The topological polar surface area (TPSA) is 46.2 Å². The molecule has 0 spiro atoms. The number of hydrogen-bond acceptors (Lipinski definition) is 2. The van der Waals surface area contributed by atoms with Gasteiger partial charge in [0.05, 0.1) is 6.10 Å². The summed E-state index contributed by atoms with van der Waals surface area (Å²) >= 11 is 3.55. The fourth-order valence-corrected chi connectivity index (χ4v) is 3.94. The molecule has 0 radical (unpaired) electrons. The monoisotopic (exact) mass is 325 g/mol. The molecule has 0 bridgehead atoms. The molecule has 0 amide bonds. The van der Waals surface area contributed by atoms with E-state index in [0.29, 0.717) is 12.5 Å². The van der Waals surface area contributed by atoms with E-state index in [4.69, 9.17) is 5.73 Å². The highest BCUT2D eigenvalue weighted by Gasteiger charge is 2.41. The fraction of sp³-hybridized carbons (Fsp3) is 0.625. The van der Waals surface area contributed by atoms with Crippen molar-refractivity contribution < 1.29 is 5.11 Å². The van der Waals surface area contributed by atoms with E-state index >= 15 is 0 Å². The van der Waals surface area contributed by atoms with Crippen LogP contribution in [0, 0.1) is 11.3 Å². The van der Waals surface area contributed by atoms with Crippen LogP contribution < -0.4 is 5.73 Å². The normalized spacial score (nSPS) is 29.2. The molecule has 0 aliphatic heterocycles. The molecule has 3 N–H and O–H groups in total. The minimum absolute atomic E-state index is 0.150. The number of aliphatic hydroxyl groups is 1. The Balaban J connectivity index is 2.28. The van der Waals surface area contributed by atoms with E-state index in [0.717, 1.165) is 22.9 Å². The van der Waals surface area contributed by atoms with Crippen molar-refractivity contribution >= 4 is 15.9 Å². The molecule has 1 aromatic carbocycles. The van der Waals surface area contributed by atoms with Crippen LogP contribution in [0.15, 0.2) is 28.7 Å². The molecule has 3 heteroatoms. The summed E-state index contributed by atoms with van der Waals surface area (Å²) in [5.74, 6) is 0.703. The quantitative estimate of drug-likeness (QED) is 0.877. The lowest BCUT2D eigenvalue weighted by molar-refractivity contribution is -0.0166. The molecule has 1 saturated carbocycles. The van der Waals surface area contributed by atoms with Crippen molar-refractivity contribution in [2.45, 2.75) is 45.1 Å². The fourth-order valence-electron chi connectivity index (χ4n) is 3.44. The summed E-state index contributed by atoms with van der Waals surface area (Å²) in [6, 6.07) is 7.95. The highest BCUT2D eigenvalue weighted by molar-refractivity contribution is 9.10. The van der Waals surface area contributed by atoms with E-state index in [1.807, 2.05) is 24.3 Å². The zero-order chi connectivity index (χ0) is 13.9. The van der Waals surface area contributed by atoms with Crippen molar-refractivity contribution in [1.82, 2.24) is 0 Å². The van der Waals surface area contributed by atoms with Gasteiger partial charge in [0.15, 0.2) is 0 Å². The summed E-state index contributed by atoms with van der Waals surface area (Å²) < 4.78 is 0.981. The van der Waals surface area contributed by atoms with E-state index in [1.54, 1.807) is 0 Å². The smallest absolute Gasteiger partial charge is 0.0869 e. The lowest BCUT2D eigenvalue weighted by atomic mass is 9.64. The van der Waals surface area contributed by atoms with Gasteiger partial charge in [-0.3, -0.25) is 0 Å². The molecule has 0 saturated heterocycles. The van der Waals surface area contributed by atoms with Gasteiger partial charge in [-0.25, -0.2) is 0 Å². The summed E-state index contributed by atoms with van der Waals surface area (Å²) in [4.78, 5) is 0. The highest BCUT2D eigenvalue weighted by atomic mass is 79.9.